The predicted octanol–water partition coefficient (Wildman–Crippen LogP) is 2.15. The highest BCUT2D eigenvalue weighted by Gasteiger charge is 2.41. The second-order valence-electron chi connectivity index (χ2n) is 7.21. The van der Waals surface area contributed by atoms with E-state index in [1.165, 1.54) is 0 Å². The van der Waals surface area contributed by atoms with Gasteiger partial charge in [-0.25, -0.2) is 17.9 Å². The standard InChI is InChI=1S/C18H24N4O3S/c1-14(15-5-7-16(8-6-15)22-10-4-9-19-22)20-17(23)21-11-12-26(24,25)18(2,3)13-21/h4-10,14H,11-13H2,1-3H3,(H,20,23). The van der Waals surface area contributed by atoms with E-state index in [4.69, 9.17) is 0 Å². The Balaban J connectivity index is 1.64. The number of rotatable bonds is 3. The Labute approximate surface area is 153 Å². The minimum absolute atomic E-state index is 0.000365. The first-order valence-electron chi connectivity index (χ1n) is 8.57. The Kier molecular flexibility index (Phi) is 4.79. The molecule has 0 spiro atoms. The smallest absolute Gasteiger partial charge is 0.317 e. The number of hydrogen-bond donors (Lipinski definition) is 1. The molecule has 7 nitrogen and oxygen atoms in total. The van der Waals surface area contributed by atoms with E-state index in [1.807, 2.05) is 43.5 Å². The molecule has 1 aromatic heterocycles. The molecule has 1 saturated heterocycles. The van der Waals surface area contributed by atoms with Gasteiger partial charge in [0.15, 0.2) is 9.84 Å². The summed E-state index contributed by atoms with van der Waals surface area (Å²) in [6.07, 6.45) is 3.59. The van der Waals surface area contributed by atoms with Gasteiger partial charge in [0.2, 0.25) is 0 Å². The maximum absolute atomic E-state index is 12.5. The lowest BCUT2D eigenvalue weighted by molar-refractivity contribution is 0.189. The van der Waals surface area contributed by atoms with Gasteiger partial charge in [0.1, 0.15) is 0 Å². The molecule has 3 rings (SSSR count). The summed E-state index contributed by atoms with van der Waals surface area (Å²) in [6, 6.07) is 9.23. The molecule has 1 N–H and O–H groups in total. The van der Waals surface area contributed by atoms with E-state index in [9.17, 15) is 13.2 Å². The minimum atomic E-state index is -3.16. The van der Waals surface area contributed by atoms with Crippen molar-refractivity contribution in [3.8, 4) is 5.69 Å². The maximum atomic E-state index is 12.5. The summed E-state index contributed by atoms with van der Waals surface area (Å²) in [5.41, 5.74) is 1.92. The van der Waals surface area contributed by atoms with Gasteiger partial charge in [-0.15, -0.1) is 0 Å². The summed E-state index contributed by atoms with van der Waals surface area (Å²) in [5, 5.41) is 7.14. The van der Waals surface area contributed by atoms with Gasteiger partial charge in [-0.1, -0.05) is 12.1 Å². The highest BCUT2D eigenvalue weighted by molar-refractivity contribution is 7.92. The van der Waals surface area contributed by atoms with E-state index in [0.717, 1.165) is 11.3 Å². The number of carbonyl (C=O) groups excluding carboxylic acids is 1. The molecule has 2 heterocycles. The van der Waals surface area contributed by atoms with Crippen molar-refractivity contribution in [3.63, 3.8) is 0 Å². The summed E-state index contributed by atoms with van der Waals surface area (Å²) >= 11 is 0. The lowest BCUT2D eigenvalue weighted by Gasteiger charge is -2.38. The lowest BCUT2D eigenvalue weighted by atomic mass is 10.1. The SMILES string of the molecule is CC(NC(=O)N1CCS(=O)(=O)C(C)(C)C1)c1ccc(-n2cccn2)cc1. The molecule has 0 radical (unpaired) electrons. The highest BCUT2D eigenvalue weighted by Crippen LogP contribution is 2.24. The second-order valence-corrected chi connectivity index (χ2v) is 9.96. The fourth-order valence-corrected chi connectivity index (χ4v) is 4.38. The van der Waals surface area contributed by atoms with Gasteiger partial charge in [-0.2, -0.15) is 5.10 Å². The Bertz CT molecular complexity index is 874. The Morgan fingerprint density at radius 3 is 2.54 bits per heavy atom. The second kappa shape index (κ2) is 6.75. The predicted molar refractivity (Wildman–Crippen MR) is 99.9 cm³/mol. The van der Waals surface area contributed by atoms with Crippen molar-refractivity contribution in [1.82, 2.24) is 20.0 Å². The van der Waals surface area contributed by atoms with Gasteiger partial charge in [-0.3, -0.25) is 0 Å². The molecule has 1 aliphatic rings. The highest BCUT2D eigenvalue weighted by atomic mass is 32.2. The van der Waals surface area contributed by atoms with Crippen LogP contribution in [0.5, 0.6) is 0 Å². The summed E-state index contributed by atoms with van der Waals surface area (Å²) < 4.78 is 25.0. The van der Waals surface area contributed by atoms with Crippen LogP contribution < -0.4 is 5.32 Å². The molecule has 1 fully saturated rings. The van der Waals surface area contributed by atoms with Crippen LogP contribution in [0.1, 0.15) is 32.4 Å². The number of nitrogens with one attached hydrogen (secondary N) is 1. The summed E-state index contributed by atoms with van der Waals surface area (Å²) in [5.74, 6) is 0.000365. The molecular weight excluding hydrogens is 352 g/mol. The van der Waals surface area contributed by atoms with Crippen molar-refractivity contribution in [3.05, 3.63) is 48.3 Å². The van der Waals surface area contributed by atoms with E-state index in [0.29, 0.717) is 0 Å². The zero-order valence-electron chi connectivity index (χ0n) is 15.2. The van der Waals surface area contributed by atoms with Gasteiger partial charge in [0, 0.05) is 25.5 Å². The molecule has 140 valence electrons. The average Bonchev–Trinajstić information content (AvgIpc) is 3.12. The van der Waals surface area contributed by atoms with E-state index in [1.54, 1.807) is 29.6 Å². The molecular formula is C18H24N4O3S. The third kappa shape index (κ3) is 3.60. The molecule has 1 aliphatic heterocycles. The van der Waals surface area contributed by atoms with Crippen molar-refractivity contribution in [2.45, 2.75) is 31.6 Å². The molecule has 0 saturated carbocycles. The van der Waals surface area contributed by atoms with Crippen molar-refractivity contribution in [2.24, 2.45) is 0 Å². The number of sulfone groups is 1. The van der Waals surface area contributed by atoms with Crippen LogP contribution in [-0.2, 0) is 9.84 Å². The van der Waals surface area contributed by atoms with E-state index in [-0.39, 0.29) is 30.9 Å². The first-order valence-corrected chi connectivity index (χ1v) is 10.2. The van der Waals surface area contributed by atoms with Gasteiger partial charge >= 0.3 is 6.03 Å². The fourth-order valence-electron chi connectivity index (χ4n) is 3.01. The summed E-state index contributed by atoms with van der Waals surface area (Å²) in [6.45, 7) is 5.67. The lowest BCUT2D eigenvalue weighted by Crippen LogP contribution is -2.56. The first kappa shape index (κ1) is 18.4. The van der Waals surface area contributed by atoms with Crippen LogP contribution in [0.4, 0.5) is 4.79 Å². The van der Waals surface area contributed by atoms with E-state index < -0.39 is 14.6 Å². The molecule has 2 amide bonds. The van der Waals surface area contributed by atoms with Crippen molar-refractivity contribution >= 4 is 15.9 Å². The topological polar surface area (TPSA) is 84.3 Å². The van der Waals surface area contributed by atoms with Gasteiger partial charge in [-0.05, 0) is 44.5 Å². The first-order chi connectivity index (χ1) is 12.2. The van der Waals surface area contributed by atoms with Gasteiger partial charge < -0.3 is 10.2 Å². The van der Waals surface area contributed by atoms with E-state index in [2.05, 4.69) is 10.4 Å². The zero-order chi connectivity index (χ0) is 18.9. The largest absolute Gasteiger partial charge is 0.331 e. The molecule has 1 atom stereocenters. The van der Waals surface area contributed by atoms with Crippen LogP contribution in [0.15, 0.2) is 42.7 Å². The fraction of sp³-hybridized carbons (Fsp3) is 0.444. The number of nitrogens with zero attached hydrogens (tertiary/aromatic N) is 3. The normalized spacial score (nSPS) is 19.7. The van der Waals surface area contributed by atoms with Gasteiger partial charge in [0.05, 0.1) is 22.2 Å². The van der Waals surface area contributed by atoms with Crippen LogP contribution in [0.25, 0.3) is 5.69 Å². The summed E-state index contributed by atoms with van der Waals surface area (Å²) in [4.78, 5) is 14.1. The third-order valence-corrected chi connectivity index (χ3v) is 7.37. The van der Waals surface area contributed by atoms with Crippen molar-refractivity contribution in [1.29, 1.82) is 0 Å². The van der Waals surface area contributed by atoms with Gasteiger partial charge in [0.25, 0.3) is 0 Å². The Morgan fingerprint density at radius 2 is 1.96 bits per heavy atom. The molecule has 0 bridgehead atoms. The number of amides is 2. The number of aromatic nitrogens is 2. The number of hydrogen-bond acceptors (Lipinski definition) is 4. The molecule has 26 heavy (non-hydrogen) atoms. The summed E-state index contributed by atoms with van der Waals surface area (Å²) in [7, 11) is -3.16. The van der Waals surface area contributed by atoms with Crippen molar-refractivity contribution in [2.75, 3.05) is 18.8 Å². The number of carbonyl (C=O) groups is 1. The van der Waals surface area contributed by atoms with Crippen LogP contribution in [-0.4, -0.2) is 52.7 Å². The van der Waals surface area contributed by atoms with Crippen LogP contribution in [0.3, 0.4) is 0 Å². The molecule has 0 aliphatic carbocycles. The molecule has 1 unspecified atom stereocenters. The minimum Gasteiger partial charge on any atom is -0.331 e. The number of urea groups is 1. The van der Waals surface area contributed by atoms with Crippen LogP contribution in [0, 0.1) is 0 Å². The van der Waals surface area contributed by atoms with Crippen LogP contribution in [0.2, 0.25) is 0 Å². The monoisotopic (exact) mass is 376 g/mol. The maximum Gasteiger partial charge on any atom is 0.317 e. The molecule has 2 aromatic rings. The quantitative estimate of drug-likeness (QED) is 0.890. The number of benzene rings is 1. The average molecular weight is 376 g/mol. The third-order valence-electron chi connectivity index (χ3n) is 4.83. The van der Waals surface area contributed by atoms with Crippen molar-refractivity contribution < 1.29 is 13.2 Å². The Hall–Kier alpha value is -2.35. The van der Waals surface area contributed by atoms with Crippen LogP contribution >= 0.6 is 0 Å². The molecule has 8 heteroatoms. The Morgan fingerprint density at radius 1 is 1.27 bits per heavy atom. The molecule has 1 aromatic carbocycles. The zero-order valence-corrected chi connectivity index (χ0v) is 16.0. The van der Waals surface area contributed by atoms with E-state index >= 15 is 0 Å².